The number of hydrogen-bond donors (Lipinski definition) is 0. The van der Waals surface area contributed by atoms with E-state index in [4.69, 9.17) is 0 Å². The molecule has 1 nitrogen and oxygen atoms in total. The molecule has 0 aromatic heterocycles. The highest BCUT2D eigenvalue weighted by Crippen LogP contribution is 2.35. The number of aldehydes is 1. The predicted molar refractivity (Wildman–Crippen MR) is 26.9 cm³/mol. The van der Waals surface area contributed by atoms with Crippen LogP contribution >= 0.6 is 15.9 Å². The molecule has 34 valence electrons. The van der Waals surface area contributed by atoms with E-state index in [1.54, 1.807) is 0 Å². The molecular weight excluding hydrogens is 144 g/mol. The van der Waals surface area contributed by atoms with E-state index in [9.17, 15) is 4.79 Å². The summed E-state index contributed by atoms with van der Waals surface area (Å²) in [7, 11) is 0. The molecule has 0 amide bonds. The summed E-state index contributed by atoms with van der Waals surface area (Å²) in [6.45, 7) is 0. The van der Waals surface area contributed by atoms with Gasteiger partial charge in [0.05, 0.1) is 0 Å². The zero-order valence-corrected chi connectivity index (χ0v) is 4.81. The molecule has 1 aliphatic rings. The number of hydrogen-bond acceptors (Lipinski definition) is 1. The summed E-state index contributed by atoms with van der Waals surface area (Å²) in [5.41, 5.74) is 0. The van der Waals surface area contributed by atoms with E-state index in [-0.39, 0.29) is 0 Å². The highest BCUT2D eigenvalue weighted by molar-refractivity contribution is 9.09. The van der Waals surface area contributed by atoms with Crippen LogP contribution < -0.4 is 0 Å². The van der Waals surface area contributed by atoms with E-state index in [0.717, 1.165) is 12.7 Å². The lowest BCUT2D eigenvalue weighted by Gasteiger charge is -1.65. The Morgan fingerprint density at radius 2 is 2.33 bits per heavy atom. The molecule has 0 spiro atoms. The Bertz CT molecular complexity index is 71.9. The van der Waals surface area contributed by atoms with Gasteiger partial charge in [0.25, 0.3) is 0 Å². The number of alkyl halides is 1. The second kappa shape index (κ2) is 1.34. The number of rotatable bonds is 1. The SMILES string of the molecule is O=C[C@@H]1C[C@@H]1Br. The van der Waals surface area contributed by atoms with Crippen LogP contribution in [0.15, 0.2) is 0 Å². The zero-order chi connectivity index (χ0) is 4.57. The van der Waals surface area contributed by atoms with Crippen LogP contribution in [0.3, 0.4) is 0 Å². The highest BCUT2D eigenvalue weighted by Gasteiger charge is 2.33. The van der Waals surface area contributed by atoms with Gasteiger partial charge in [-0.15, -0.1) is 0 Å². The minimum atomic E-state index is 0.338. The number of halogens is 1. The van der Waals surface area contributed by atoms with Crippen LogP contribution in [0.2, 0.25) is 0 Å². The van der Waals surface area contributed by atoms with E-state index in [0.29, 0.717) is 10.7 Å². The first-order valence-electron chi connectivity index (χ1n) is 1.94. The molecule has 0 saturated heterocycles. The third-order valence-corrected chi connectivity index (χ3v) is 1.99. The van der Waals surface area contributed by atoms with Crippen LogP contribution in [-0.4, -0.2) is 11.1 Å². The van der Waals surface area contributed by atoms with Gasteiger partial charge in [-0.1, -0.05) is 15.9 Å². The molecule has 6 heavy (non-hydrogen) atoms. The first-order chi connectivity index (χ1) is 2.84. The Morgan fingerprint density at radius 1 is 1.83 bits per heavy atom. The van der Waals surface area contributed by atoms with Crippen LogP contribution in [-0.2, 0) is 4.79 Å². The number of carbonyl (C=O) groups is 1. The van der Waals surface area contributed by atoms with Crippen molar-refractivity contribution in [2.24, 2.45) is 5.92 Å². The lowest BCUT2D eigenvalue weighted by molar-refractivity contribution is -0.108. The minimum absolute atomic E-state index is 0.338. The first kappa shape index (κ1) is 4.31. The van der Waals surface area contributed by atoms with Crippen LogP contribution in [0.4, 0.5) is 0 Å². The largest absolute Gasteiger partial charge is 0.303 e. The molecular formula is C4H5BrO. The molecule has 1 rings (SSSR count). The molecule has 2 heteroatoms. The molecule has 1 fully saturated rings. The smallest absolute Gasteiger partial charge is 0.124 e. The molecule has 1 aliphatic carbocycles. The Labute approximate surface area is 44.9 Å². The Kier molecular flexibility index (Phi) is 0.960. The van der Waals surface area contributed by atoms with Gasteiger partial charge in [0, 0.05) is 10.7 Å². The van der Waals surface area contributed by atoms with E-state index >= 15 is 0 Å². The van der Waals surface area contributed by atoms with Gasteiger partial charge in [-0.2, -0.15) is 0 Å². The molecule has 0 unspecified atom stereocenters. The summed E-state index contributed by atoms with van der Waals surface area (Å²) in [5.74, 6) is 0.338. The summed E-state index contributed by atoms with van der Waals surface area (Å²) in [5, 5.41) is 0. The average Bonchev–Trinajstić information content (AvgIpc) is 2.19. The van der Waals surface area contributed by atoms with Gasteiger partial charge in [-0.3, -0.25) is 0 Å². The fourth-order valence-corrected chi connectivity index (χ4v) is 0.879. The molecule has 0 aromatic carbocycles. The lowest BCUT2D eigenvalue weighted by Crippen LogP contribution is -1.75. The quantitative estimate of drug-likeness (QED) is 0.401. The monoisotopic (exact) mass is 148 g/mol. The van der Waals surface area contributed by atoms with E-state index in [1.165, 1.54) is 0 Å². The first-order valence-corrected chi connectivity index (χ1v) is 2.85. The van der Waals surface area contributed by atoms with Gasteiger partial charge in [0.2, 0.25) is 0 Å². The molecule has 0 heterocycles. The molecule has 0 aliphatic heterocycles. The third-order valence-electron chi connectivity index (χ3n) is 0.934. The topological polar surface area (TPSA) is 17.1 Å². The third kappa shape index (κ3) is 0.620. The van der Waals surface area contributed by atoms with Crippen molar-refractivity contribution in [1.29, 1.82) is 0 Å². The van der Waals surface area contributed by atoms with E-state index in [1.807, 2.05) is 0 Å². The van der Waals surface area contributed by atoms with Gasteiger partial charge in [0.15, 0.2) is 0 Å². The van der Waals surface area contributed by atoms with Gasteiger partial charge >= 0.3 is 0 Å². The maximum absolute atomic E-state index is 9.75. The Hall–Kier alpha value is 0.150. The second-order valence-electron chi connectivity index (χ2n) is 1.55. The zero-order valence-electron chi connectivity index (χ0n) is 3.23. The molecule has 2 atom stereocenters. The normalized spacial score (nSPS) is 42.2. The van der Waals surface area contributed by atoms with Gasteiger partial charge < -0.3 is 4.79 Å². The summed E-state index contributed by atoms with van der Waals surface area (Å²) in [6, 6.07) is 0. The highest BCUT2D eigenvalue weighted by atomic mass is 79.9. The minimum Gasteiger partial charge on any atom is -0.303 e. The predicted octanol–water partition coefficient (Wildman–Crippen LogP) is 0.969. The summed E-state index contributed by atoms with van der Waals surface area (Å²) in [4.78, 5) is 10.3. The standard InChI is InChI=1S/C4H5BrO/c5-4-1-3(4)2-6/h2-4H,1H2/t3-,4-/m0/s1. The van der Waals surface area contributed by atoms with Crippen LogP contribution in [0, 0.1) is 5.92 Å². The Balaban J connectivity index is 2.25. The maximum Gasteiger partial charge on any atom is 0.124 e. The average molecular weight is 149 g/mol. The molecule has 0 bridgehead atoms. The van der Waals surface area contributed by atoms with Crippen molar-refractivity contribution in [3.63, 3.8) is 0 Å². The van der Waals surface area contributed by atoms with Crippen LogP contribution in [0.5, 0.6) is 0 Å². The summed E-state index contributed by atoms with van der Waals surface area (Å²) < 4.78 is 0. The van der Waals surface area contributed by atoms with Crippen molar-refractivity contribution in [2.45, 2.75) is 11.2 Å². The summed E-state index contributed by atoms with van der Waals surface area (Å²) >= 11 is 3.28. The lowest BCUT2D eigenvalue weighted by atomic mass is 10.5. The van der Waals surface area contributed by atoms with Crippen LogP contribution in [0.25, 0.3) is 0 Å². The molecule has 0 radical (unpaired) electrons. The van der Waals surface area contributed by atoms with Crippen molar-refractivity contribution >= 4 is 22.2 Å². The van der Waals surface area contributed by atoms with Crippen molar-refractivity contribution in [2.75, 3.05) is 0 Å². The van der Waals surface area contributed by atoms with Crippen molar-refractivity contribution in [3.05, 3.63) is 0 Å². The van der Waals surface area contributed by atoms with Gasteiger partial charge in [-0.25, -0.2) is 0 Å². The van der Waals surface area contributed by atoms with E-state index in [2.05, 4.69) is 15.9 Å². The van der Waals surface area contributed by atoms with Gasteiger partial charge in [0.1, 0.15) is 6.29 Å². The summed E-state index contributed by atoms with van der Waals surface area (Å²) in [6.07, 6.45) is 2.04. The Morgan fingerprint density at radius 3 is 2.33 bits per heavy atom. The fourth-order valence-electron chi connectivity index (χ4n) is 0.322. The number of carbonyl (C=O) groups excluding carboxylic acids is 1. The molecule has 0 N–H and O–H groups in total. The van der Waals surface area contributed by atoms with Crippen LogP contribution in [0.1, 0.15) is 6.42 Å². The van der Waals surface area contributed by atoms with E-state index < -0.39 is 0 Å². The maximum atomic E-state index is 9.75. The van der Waals surface area contributed by atoms with Gasteiger partial charge in [-0.05, 0) is 6.42 Å². The fraction of sp³-hybridized carbons (Fsp3) is 0.750. The molecule has 1 saturated carbocycles. The van der Waals surface area contributed by atoms with Crippen molar-refractivity contribution < 1.29 is 4.79 Å². The van der Waals surface area contributed by atoms with Crippen molar-refractivity contribution in [3.8, 4) is 0 Å². The molecule has 0 aromatic rings. The van der Waals surface area contributed by atoms with Crippen molar-refractivity contribution in [1.82, 2.24) is 0 Å². The second-order valence-corrected chi connectivity index (χ2v) is 2.73.